The van der Waals surface area contributed by atoms with Gasteiger partial charge in [0, 0.05) is 23.7 Å². The van der Waals surface area contributed by atoms with Gasteiger partial charge in [0.15, 0.2) is 0 Å². The lowest BCUT2D eigenvalue weighted by Gasteiger charge is -2.43. The molecule has 2 nitrogen and oxygen atoms in total. The van der Waals surface area contributed by atoms with Crippen LogP contribution < -0.4 is 0 Å². The molecule has 0 amide bonds. The lowest BCUT2D eigenvalue weighted by Crippen LogP contribution is -2.35. The van der Waals surface area contributed by atoms with Crippen LogP contribution in [0.1, 0.15) is 51.3 Å². The predicted molar refractivity (Wildman–Crippen MR) is 74.3 cm³/mol. The maximum absolute atomic E-state index is 4.51. The Kier molecular flexibility index (Phi) is 2.89. The second kappa shape index (κ2) is 4.42. The van der Waals surface area contributed by atoms with Crippen LogP contribution in [-0.2, 0) is 0 Å². The van der Waals surface area contributed by atoms with Crippen LogP contribution in [0.15, 0.2) is 36.2 Å². The van der Waals surface area contributed by atoms with E-state index in [1.54, 1.807) is 0 Å². The van der Waals surface area contributed by atoms with Crippen LogP contribution in [0.2, 0.25) is 0 Å². The Morgan fingerprint density at radius 3 is 2.78 bits per heavy atom. The van der Waals surface area contributed by atoms with Crippen LogP contribution in [0.4, 0.5) is 0 Å². The van der Waals surface area contributed by atoms with E-state index in [1.807, 2.05) is 12.4 Å². The van der Waals surface area contributed by atoms with E-state index in [0.29, 0.717) is 5.92 Å². The Morgan fingerprint density at radius 1 is 1.33 bits per heavy atom. The summed E-state index contributed by atoms with van der Waals surface area (Å²) in [6, 6.07) is 0. The van der Waals surface area contributed by atoms with Gasteiger partial charge in [0.05, 0.1) is 0 Å². The average Bonchev–Trinajstić information content (AvgIpc) is 3.03. The van der Waals surface area contributed by atoms with E-state index in [-0.39, 0.29) is 5.41 Å². The van der Waals surface area contributed by atoms with Crippen molar-refractivity contribution in [3.05, 3.63) is 42.0 Å². The molecule has 0 radical (unpaired) electrons. The Labute approximate surface area is 109 Å². The van der Waals surface area contributed by atoms with E-state index in [2.05, 4.69) is 42.0 Å². The molecule has 0 bridgehead atoms. The number of aromatic amines is 1. The van der Waals surface area contributed by atoms with Gasteiger partial charge in [-0.25, -0.2) is 4.98 Å². The van der Waals surface area contributed by atoms with E-state index in [0.717, 1.165) is 11.7 Å². The van der Waals surface area contributed by atoms with E-state index in [4.69, 9.17) is 0 Å². The van der Waals surface area contributed by atoms with Crippen molar-refractivity contribution < 1.29 is 0 Å². The third-order valence-electron chi connectivity index (χ3n) is 5.16. The number of nitrogens with zero attached hydrogens (tertiary/aromatic N) is 1. The molecule has 2 aliphatic rings. The van der Waals surface area contributed by atoms with Gasteiger partial charge in [0.1, 0.15) is 5.82 Å². The van der Waals surface area contributed by atoms with Crippen molar-refractivity contribution in [1.29, 1.82) is 0 Å². The van der Waals surface area contributed by atoms with Crippen LogP contribution in [0, 0.1) is 11.3 Å². The van der Waals surface area contributed by atoms with Gasteiger partial charge in [-0.1, -0.05) is 43.6 Å². The van der Waals surface area contributed by atoms with Gasteiger partial charge in [-0.2, -0.15) is 0 Å². The number of allylic oxidation sites excluding steroid dienone is 4. The fraction of sp³-hybridized carbons (Fsp3) is 0.562. The molecular weight excluding hydrogens is 220 g/mol. The summed E-state index contributed by atoms with van der Waals surface area (Å²) in [5, 5.41) is 0. The fourth-order valence-corrected chi connectivity index (χ4v) is 3.86. The van der Waals surface area contributed by atoms with Crippen molar-refractivity contribution in [1.82, 2.24) is 9.97 Å². The molecule has 3 rings (SSSR count). The molecule has 18 heavy (non-hydrogen) atoms. The highest BCUT2D eigenvalue weighted by molar-refractivity contribution is 5.33. The third-order valence-corrected chi connectivity index (χ3v) is 5.16. The molecule has 1 saturated carbocycles. The highest BCUT2D eigenvalue weighted by Gasteiger charge is 2.45. The molecule has 1 aromatic rings. The second-order valence-corrected chi connectivity index (χ2v) is 5.95. The quantitative estimate of drug-likeness (QED) is 0.827. The van der Waals surface area contributed by atoms with Crippen LogP contribution in [0.3, 0.4) is 0 Å². The maximum Gasteiger partial charge on any atom is 0.113 e. The summed E-state index contributed by atoms with van der Waals surface area (Å²) in [6.07, 6.45) is 16.1. The van der Waals surface area contributed by atoms with Gasteiger partial charge in [-0.3, -0.25) is 0 Å². The average molecular weight is 242 g/mol. The Hall–Kier alpha value is -1.31. The minimum Gasteiger partial charge on any atom is -0.348 e. The van der Waals surface area contributed by atoms with Crippen molar-refractivity contribution in [3.8, 4) is 0 Å². The standard InChI is InChI=1S/C16H22N2/c1-12-6-5-9-14(15-17-10-11-18-15)16(12,2)13-7-3-4-8-13/h5-6,9-11,13-14H,3-4,7-8H2,1-2H3,(H,17,18). The first-order valence-corrected chi connectivity index (χ1v) is 7.08. The van der Waals surface area contributed by atoms with Gasteiger partial charge < -0.3 is 4.98 Å². The molecule has 0 saturated heterocycles. The number of hydrogen-bond acceptors (Lipinski definition) is 1. The molecule has 96 valence electrons. The van der Waals surface area contributed by atoms with Gasteiger partial charge in [0.25, 0.3) is 0 Å². The zero-order valence-electron chi connectivity index (χ0n) is 11.3. The smallest absolute Gasteiger partial charge is 0.113 e. The molecule has 0 aromatic carbocycles. The summed E-state index contributed by atoms with van der Waals surface area (Å²) < 4.78 is 0. The summed E-state index contributed by atoms with van der Waals surface area (Å²) in [5.41, 5.74) is 1.75. The van der Waals surface area contributed by atoms with Gasteiger partial charge >= 0.3 is 0 Å². The first-order chi connectivity index (χ1) is 8.73. The van der Waals surface area contributed by atoms with E-state index in [1.165, 1.54) is 31.3 Å². The zero-order valence-corrected chi connectivity index (χ0v) is 11.3. The fourth-order valence-electron chi connectivity index (χ4n) is 3.86. The van der Waals surface area contributed by atoms with Crippen molar-refractivity contribution in [2.24, 2.45) is 11.3 Å². The van der Waals surface area contributed by atoms with Gasteiger partial charge in [-0.15, -0.1) is 0 Å². The van der Waals surface area contributed by atoms with Crippen LogP contribution >= 0.6 is 0 Å². The maximum atomic E-state index is 4.51. The summed E-state index contributed by atoms with van der Waals surface area (Å²) in [5.74, 6) is 2.32. The summed E-state index contributed by atoms with van der Waals surface area (Å²) in [4.78, 5) is 7.82. The third kappa shape index (κ3) is 1.66. The molecule has 0 spiro atoms. The molecular formula is C16H22N2. The Bertz CT molecular complexity index is 463. The second-order valence-electron chi connectivity index (χ2n) is 5.95. The SMILES string of the molecule is CC1=CC=CC(c2ncc[nH]2)C1(C)C1CCCC1. The number of hydrogen-bond donors (Lipinski definition) is 1. The molecule has 2 aliphatic carbocycles. The van der Waals surface area contributed by atoms with Gasteiger partial charge in [-0.05, 0) is 25.7 Å². The number of nitrogens with one attached hydrogen (secondary N) is 1. The number of aromatic nitrogens is 2. The number of H-pyrrole nitrogens is 1. The molecule has 2 heteroatoms. The Balaban J connectivity index is 2.01. The lowest BCUT2D eigenvalue weighted by atomic mass is 9.61. The van der Waals surface area contributed by atoms with E-state index < -0.39 is 0 Å². The van der Waals surface area contributed by atoms with Crippen LogP contribution in [0.5, 0.6) is 0 Å². The summed E-state index contributed by atoms with van der Waals surface area (Å²) in [6.45, 7) is 4.73. The molecule has 1 heterocycles. The highest BCUT2D eigenvalue weighted by atomic mass is 14.9. The first-order valence-electron chi connectivity index (χ1n) is 7.08. The Morgan fingerprint density at radius 2 is 2.11 bits per heavy atom. The minimum atomic E-state index is 0.239. The van der Waals surface area contributed by atoms with E-state index in [9.17, 15) is 0 Å². The van der Waals surface area contributed by atoms with Crippen LogP contribution in [-0.4, -0.2) is 9.97 Å². The van der Waals surface area contributed by atoms with Crippen molar-refractivity contribution >= 4 is 0 Å². The lowest BCUT2D eigenvalue weighted by molar-refractivity contribution is 0.207. The largest absolute Gasteiger partial charge is 0.348 e. The molecule has 1 fully saturated rings. The van der Waals surface area contributed by atoms with E-state index >= 15 is 0 Å². The molecule has 1 N–H and O–H groups in total. The van der Waals surface area contributed by atoms with Crippen LogP contribution in [0.25, 0.3) is 0 Å². The normalized spacial score (nSPS) is 32.8. The number of imidazole rings is 1. The molecule has 0 aliphatic heterocycles. The minimum absolute atomic E-state index is 0.239. The van der Waals surface area contributed by atoms with Crippen molar-refractivity contribution in [2.45, 2.75) is 45.4 Å². The highest BCUT2D eigenvalue weighted by Crippen LogP contribution is 2.54. The predicted octanol–water partition coefficient (Wildman–Crippen LogP) is 4.21. The summed E-state index contributed by atoms with van der Waals surface area (Å²) >= 11 is 0. The first kappa shape index (κ1) is 11.8. The molecule has 1 aromatic heterocycles. The molecule has 2 unspecified atom stereocenters. The van der Waals surface area contributed by atoms with Crippen molar-refractivity contribution in [2.75, 3.05) is 0 Å². The monoisotopic (exact) mass is 242 g/mol. The number of rotatable bonds is 2. The van der Waals surface area contributed by atoms with Crippen molar-refractivity contribution in [3.63, 3.8) is 0 Å². The van der Waals surface area contributed by atoms with Gasteiger partial charge in [0.2, 0.25) is 0 Å². The molecule has 2 atom stereocenters. The zero-order chi connectivity index (χ0) is 12.6. The topological polar surface area (TPSA) is 28.7 Å². The summed E-state index contributed by atoms with van der Waals surface area (Å²) in [7, 11) is 0.